The summed E-state index contributed by atoms with van der Waals surface area (Å²) in [5, 5.41) is 15.6. The molecule has 0 aromatic rings. The van der Waals surface area contributed by atoms with Crippen LogP contribution in [0.15, 0.2) is 0 Å². The molecular formula is C4H10O7. The normalized spacial score (nSPS) is 7.00. The van der Waals surface area contributed by atoms with E-state index in [2.05, 4.69) is 4.89 Å². The fraction of sp³-hybridized carbons (Fsp3) is 0.500. The SMILES string of the molecule is O.O.O=C(O)CCC(=O)OO. The van der Waals surface area contributed by atoms with Gasteiger partial charge in [0.2, 0.25) is 0 Å². The Balaban J connectivity index is -0.000000320. The van der Waals surface area contributed by atoms with Gasteiger partial charge in [-0.3, -0.25) is 4.79 Å². The van der Waals surface area contributed by atoms with E-state index in [-0.39, 0.29) is 23.8 Å². The van der Waals surface area contributed by atoms with Crippen LogP contribution in [0.5, 0.6) is 0 Å². The van der Waals surface area contributed by atoms with Crippen LogP contribution in [-0.4, -0.2) is 33.3 Å². The zero-order valence-electron chi connectivity index (χ0n) is 5.53. The molecule has 68 valence electrons. The van der Waals surface area contributed by atoms with E-state index in [0.717, 1.165) is 0 Å². The Bertz CT molecular complexity index is 120. The van der Waals surface area contributed by atoms with Crippen LogP contribution >= 0.6 is 0 Å². The Morgan fingerprint density at radius 2 is 1.64 bits per heavy atom. The molecule has 0 saturated heterocycles. The summed E-state index contributed by atoms with van der Waals surface area (Å²) in [6.07, 6.45) is -0.620. The second kappa shape index (κ2) is 8.82. The Hall–Kier alpha value is -1.18. The maximum absolute atomic E-state index is 9.98. The molecule has 0 saturated carbocycles. The smallest absolute Gasteiger partial charge is 0.342 e. The molecule has 0 aromatic heterocycles. The second-order valence-electron chi connectivity index (χ2n) is 1.36. The van der Waals surface area contributed by atoms with Gasteiger partial charge >= 0.3 is 11.9 Å². The fourth-order valence-electron chi connectivity index (χ4n) is 0.255. The van der Waals surface area contributed by atoms with E-state index in [0.29, 0.717) is 0 Å². The molecule has 0 aliphatic heterocycles. The number of carbonyl (C=O) groups is 2. The molecule has 0 fully saturated rings. The number of aliphatic carboxylic acids is 1. The highest BCUT2D eigenvalue weighted by molar-refractivity contribution is 5.76. The van der Waals surface area contributed by atoms with E-state index in [4.69, 9.17) is 10.4 Å². The van der Waals surface area contributed by atoms with Crippen molar-refractivity contribution >= 4 is 11.9 Å². The van der Waals surface area contributed by atoms with Crippen LogP contribution in [0.2, 0.25) is 0 Å². The van der Waals surface area contributed by atoms with Crippen molar-refractivity contribution in [3.63, 3.8) is 0 Å². The van der Waals surface area contributed by atoms with Crippen LogP contribution in [0.25, 0.3) is 0 Å². The summed E-state index contributed by atoms with van der Waals surface area (Å²) in [7, 11) is 0. The van der Waals surface area contributed by atoms with Crippen LogP contribution in [-0.2, 0) is 14.5 Å². The molecule has 11 heavy (non-hydrogen) atoms. The first kappa shape index (κ1) is 16.4. The lowest BCUT2D eigenvalue weighted by Gasteiger charge is -1.90. The first-order valence-electron chi connectivity index (χ1n) is 2.23. The summed E-state index contributed by atoms with van der Waals surface area (Å²) in [6, 6.07) is 0. The van der Waals surface area contributed by atoms with E-state index in [1.54, 1.807) is 0 Å². The van der Waals surface area contributed by atoms with Crippen molar-refractivity contribution in [2.24, 2.45) is 0 Å². The largest absolute Gasteiger partial charge is 0.481 e. The van der Waals surface area contributed by atoms with E-state index in [1.807, 2.05) is 0 Å². The maximum Gasteiger partial charge on any atom is 0.342 e. The van der Waals surface area contributed by atoms with Gasteiger partial charge in [-0.25, -0.2) is 4.79 Å². The Morgan fingerprint density at radius 3 is 1.91 bits per heavy atom. The predicted molar refractivity (Wildman–Crippen MR) is 32.8 cm³/mol. The summed E-state index contributed by atoms with van der Waals surface area (Å²) in [5.41, 5.74) is 0. The lowest BCUT2D eigenvalue weighted by molar-refractivity contribution is -0.234. The summed E-state index contributed by atoms with van der Waals surface area (Å²) in [5.74, 6) is -2.03. The molecule has 0 aromatic carbocycles. The Morgan fingerprint density at radius 1 is 1.18 bits per heavy atom. The first-order chi connectivity index (χ1) is 4.16. The van der Waals surface area contributed by atoms with Crippen molar-refractivity contribution in [3.8, 4) is 0 Å². The molecule has 7 nitrogen and oxygen atoms in total. The molecule has 0 radical (unpaired) electrons. The van der Waals surface area contributed by atoms with Gasteiger partial charge in [-0.15, -0.1) is 0 Å². The molecular weight excluding hydrogens is 160 g/mol. The third-order valence-corrected chi connectivity index (χ3v) is 0.645. The number of carboxylic acid groups (broad SMARTS) is 1. The minimum Gasteiger partial charge on any atom is -0.481 e. The number of hydrogen-bond donors (Lipinski definition) is 2. The topological polar surface area (TPSA) is 147 Å². The molecule has 0 rings (SSSR count). The molecule has 6 N–H and O–H groups in total. The Labute approximate surface area is 61.7 Å². The van der Waals surface area contributed by atoms with Crippen molar-refractivity contribution in [1.82, 2.24) is 0 Å². The van der Waals surface area contributed by atoms with Gasteiger partial charge in [0, 0.05) is 0 Å². The Kier molecular flexibility index (Phi) is 13.2. The maximum atomic E-state index is 9.98. The van der Waals surface area contributed by atoms with Gasteiger partial charge in [0.1, 0.15) is 0 Å². The molecule has 0 heterocycles. The third kappa shape index (κ3) is 12.1. The molecule has 0 aliphatic carbocycles. The van der Waals surface area contributed by atoms with Gasteiger partial charge in [0.25, 0.3) is 0 Å². The zero-order chi connectivity index (χ0) is 7.28. The quantitative estimate of drug-likeness (QED) is 0.379. The highest BCUT2D eigenvalue weighted by Gasteiger charge is 2.04. The van der Waals surface area contributed by atoms with E-state index < -0.39 is 11.9 Å². The van der Waals surface area contributed by atoms with Crippen LogP contribution in [0, 0.1) is 0 Å². The standard InChI is InChI=1S/C4H6O5.2H2O/c5-3(6)1-2-4(7)9-8;;/h8H,1-2H2,(H,5,6);2*1H2. The average Bonchev–Trinajstić information content (AvgIpc) is 1.83. The lowest BCUT2D eigenvalue weighted by atomic mass is 10.3. The highest BCUT2D eigenvalue weighted by atomic mass is 17.1. The van der Waals surface area contributed by atoms with Crippen LogP contribution in [0.4, 0.5) is 0 Å². The molecule has 0 atom stereocenters. The third-order valence-electron chi connectivity index (χ3n) is 0.645. The van der Waals surface area contributed by atoms with Crippen LogP contribution in [0.3, 0.4) is 0 Å². The molecule has 7 heteroatoms. The van der Waals surface area contributed by atoms with Gasteiger partial charge < -0.3 is 20.9 Å². The van der Waals surface area contributed by atoms with Gasteiger partial charge in [0.05, 0.1) is 12.8 Å². The second-order valence-corrected chi connectivity index (χ2v) is 1.36. The molecule has 0 unspecified atom stereocenters. The molecule has 0 amide bonds. The van der Waals surface area contributed by atoms with Crippen molar-refractivity contribution in [3.05, 3.63) is 0 Å². The zero-order valence-corrected chi connectivity index (χ0v) is 5.53. The minimum absolute atomic E-state index is 0. The number of hydrogen-bond acceptors (Lipinski definition) is 4. The van der Waals surface area contributed by atoms with Crippen LogP contribution in [0.1, 0.15) is 12.8 Å². The van der Waals surface area contributed by atoms with Gasteiger partial charge in [-0.05, 0) is 0 Å². The molecule has 0 bridgehead atoms. The predicted octanol–water partition coefficient (Wildman–Crippen LogP) is -1.78. The number of carbonyl (C=O) groups excluding carboxylic acids is 1. The summed E-state index contributed by atoms with van der Waals surface area (Å²) >= 11 is 0. The van der Waals surface area contributed by atoms with E-state index >= 15 is 0 Å². The lowest BCUT2D eigenvalue weighted by Crippen LogP contribution is -2.04. The average molecular weight is 170 g/mol. The monoisotopic (exact) mass is 170 g/mol. The van der Waals surface area contributed by atoms with Crippen molar-refractivity contribution in [2.75, 3.05) is 0 Å². The number of carboxylic acids is 1. The van der Waals surface area contributed by atoms with Gasteiger partial charge in [-0.2, -0.15) is 5.26 Å². The van der Waals surface area contributed by atoms with Crippen molar-refractivity contribution < 1.29 is 35.8 Å². The fourth-order valence-corrected chi connectivity index (χ4v) is 0.255. The van der Waals surface area contributed by atoms with Crippen molar-refractivity contribution in [1.29, 1.82) is 0 Å². The molecule has 0 aliphatic rings. The molecule has 0 spiro atoms. The summed E-state index contributed by atoms with van der Waals surface area (Å²) in [6.45, 7) is 0. The number of rotatable bonds is 3. The van der Waals surface area contributed by atoms with Crippen molar-refractivity contribution in [2.45, 2.75) is 12.8 Å². The van der Waals surface area contributed by atoms with E-state index in [9.17, 15) is 9.59 Å². The summed E-state index contributed by atoms with van der Waals surface area (Å²) in [4.78, 5) is 22.9. The van der Waals surface area contributed by atoms with Gasteiger partial charge in [-0.1, -0.05) is 0 Å². The minimum atomic E-state index is -1.10. The highest BCUT2D eigenvalue weighted by Crippen LogP contribution is 1.89. The van der Waals surface area contributed by atoms with E-state index in [1.165, 1.54) is 0 Å². The van der Waals surface area contributed by atoms with Crippen LogP contribution < -0.4 is 0 Å². The van der Waals surface area contributed by atoms with Gasteiger partial charge in [0.15, 0.2) is 0 Å². The summed E-state index contributed by atoms with van der Waals surface area (Å²) < 4.78 is 0. The first-order valence-corrected chi connectivity index (χ1v) is 2.23.